The zero-order valence-corrected chi connectivity index (χ0v) is 9.13. The number of nitrogens with two attached hydrogens (primary N) is 1. The number of alkyl carbamates (subject to hydrolysis) is 1. The molecule has 1 unspecified atom stereocenters. The van der Waals surface area contributed by atoms with E-state index in [0.717, 1.165) is 5.56 Å². The number of nitrogens with one attached hydrogen (secondary N) is 1. The maximum atomic E-state index is 11.2. The zero-order chi connectivity index (χ0) is 12.7. The fourth-order valence-electron chi connectivity index (χ4n) is 1.16. The van der Waals surface area contributed by atoms with Crippen LogP contribution in [0.3, 0.4) is 0 Å². The molecule has 0 bridgehead atoms. The van der Waals surface area contributed by atoms with Gasteiger partial charge in [0.05, 0.1) is 12.6 Å². The number of carbonyl (C=O) groups excluding carboxylic acids is 1. The van der Waals surface area contributed by atoms with Gasteiger partial charge in [-0.05, 0) is 5.56 Å². The van der Waals surface area contributed by atoms with E-state index in [1.54, 1.807) is 0 Å². The highest BCUT2D eigenvalue weighted by molar-refractivity contribution is 5.71. The molecule has 0 radical (unpaired) electrons. The largest absolute Gasteiger partial charge is 0.481 e. The molecule has 6 heteroatoms. The summed E-state index contributed by atoms with van der Waals surface area (Å²) in [6.45, 7) is 0.118. The molecule has 0 aliphatic heterocycles. The lowest BCUT2D eigenvalue weighted by Crippen LogP contribution is -2.43. The third-order valence-electron chi connectivity index (χ3n) is 1.91. The van der Waals surface area contributed by atoms with Crippen molar-refractivity contribution < 1.29 is 19.4 Å². The van der Waals surface area contributed by atoms with E-state index in [2.05, 4.69) is 5.32 Å². The van der Waals surface area contributed by atoms with Crippen molar-refractivity contribution in [2.45, 2.75) is 19.2 Å². The molecule has 6 nitrogen and oxygen atoms in total. The lowest BCUT2D eigenvalue weighted by molar-refractivity contribution is -0.137. The number of aliphatic carboxylic acids is 1. The molecule has 0 aliphatic rings. The van der Waals surface area contributed by atoms with E-state index in [1.807, 2.05) is 30.3 Å². The average Bonchev–Trinajstić information content (AvgIpc) is 2.26. The molecule has 1 amide bonds. The first-order chi connectivity index (χ1) is 8.08. The molecule has 0 spiro atoms. The van der Waals surface area contributed by atoms with Gasteiger partial charge >= 0.3 is 12.1 Å². The topological polar surface area (TPSA) is 102 Å². The molecule has 0 fully saturated rings. The molecule has 1 atom stereocenters. The second kappa shape index (κ2) is 6.49. The fourth-order valence-corrected chi connectivity index (χ4v) is 1.16. The van der Waals surface area contributed by atoms with Gasteiger partial charge in [0, 0.05) is 0 Å². The molecule has 17 heavy (non-hydrogen) atoms. The zero-order valence-electron chi connectivity index (χ0n) is 9.13. The highest BCUT2D eigenvalue weighted by Gasteiger charge is 2.11. The average molecular weight is 238 g/mol. The minimum atomic E-state index is -1.08. The fraction of sp³-hybridized carbons (Fsp3) is 0.273. The molecule has 4 N–H and O–H groups in total. The number of carboxylic acid groups (broad SMARTS) is 1. The number of carboxylic acids is 1. The third-order valence-corrected chi connectivity index (χ3v) is 1.91. The summed E-state index contributed by atoms with van der Waals surface area (Å²) in [6.07, 6.45) is -2.03. The number of rotatable bonds is 5. The molecular formula is C11H14N2O4. The Morgan fingerprint density at radius 3 is 2.59 bits per heavy atom. The molecule has 92 valence electrons. The molecule has 1 aromatic rings. The van der Waals surface area contributed by atoms with Crippen molar-refractivity contribution >= 4 is 12.1 Å². The maximum absolute atomic E-state index is 11.2. The van der Waals surface area contributed by atoms with Gasteiger partial charge in [0.15, 0.2) is 0 Å². The van der Waals surface area contributed by atoms with Crippen LogP contribution in [0, 0.1) is 0 Å². The summed E-state index contributed by atoms with van der Waals surface area (Å²) in [5, 5.41) is 10.6. The normalized spacial score (nSPS) is 11.6. The minimum Gasteiger partial charge on any atom is -0.481 e. The van der Waals surface area contributed by atoms with Crippen molar-refractivity contribution in [1.82, 2.24) is 5.32 Å². The minimum absolute atomic E-state index is 0.118. The van der Waals surface area contributed by atoms with Gasteiger partial charge in [0.25, 0.3) is 0 Å². The summed E-state index contributed by atoms with van der Waals surface area (Å²) < 4.78 is 4.86. The van der Waals surface area contributed by atoms with Gasteiger partial charge in [0.2, 0.25) is 0 Å². The van der Waals surface area contributed by atoms with Crippen LogP contribution in [0.25, 0.3) is 0 Å². The van der Waals surface area contributed by atoms with Crippen molar-refractivity contribution in [2.75, 3.05) is 0 Å². The van der Waals surface area contributed by atoms with Gasteiger partial charge in [-0.25, -0.2) is 4.79 Å². The Morgan fingerprint density at radius 2 is 2.00 bits per heavy atom. The van der Waals surface area contributed by atoms with Gasteiger partial charge in [-0.1, -0.05) is 30.3 Å². The molecule has 1 aromatic carbocycles. The summed E-state index contributed by atoms with van der Waals surface area (Å²) in [5.41, 5.74) is 6.19. The number of hydrogen-bond acceptors (Lipinski definition) is 4. The Labute approximate surface area is 98.4 Å². The van der Waals surface area contributed by atoms with Gasteiger partial charge < -0.3 is 20.9 Å². The van der Waals surface area contributed by atoms with Crippen molar-refractivity contribution in [1.29, 1.82) is 0 Å². The third kappa shape index (κ3) is 5.53. The van der Waals surface area contributed by atoms with Crippen LogP contribution in [0.4, 0.5) is 4.79 Å². The van der Waals surface area contributed by atoms with Crippen LogP contribution in [-0.4, -0.2) is 23.3 Å². The van der Waals surface area contributed by atoms with Gasteiger partial charge in [-0.15, -0.1) is 0 Å². The van der Waals surface area contributed by atoms with Crippen LogP contribution in [0.15, 0.2) is 30.3 Å². The van der Waals surface area contributed by atoms with Crippen molar-refractivity contribution in [3.63, 3.8) is 0 Å². The predicted octanol–water partition coefficient (Wildman–Crippen LogP) is 0.672. The molecule has 0 heterocycles. The van der Waals surface area contributed by atoms with E-state index < -0.39 is 18.2 Å². The molecule has 0 saturated carbocycles. The number of amides is 1. The highest BCUT2D eigenvalue weighted by Crippen LogP contribution is 2.00. The first kappa shape index (κ1) is 13.0. The van der Waals surface area contributed by atoms with Crippen LogP contribution < -0.4 is 11.1 Å². The molecular weight excluding hydrogens is 224 g/mol. The maximum Gasteiger partial charge on any atom is 0.408 e. The number of hydrogen-bond donors (Lipinski definition) is 3. The smallest absolute Gasteiger partial charge is 0.408 e. The van der Waals surface area contributed by atoms with Crippen LogP contribution in [0.5, 0.6) is 0 Å². The Hall–Kier alpha value is -2.08. The van der Waals surface area contributed by atoms with E-state index in [1.165, 1.54) is 0 Å². The Bertz CT molecular complexity index is 380. The number of carbonyl (C=O) groups is 2. The van der Waals surface area contributed by atoms with E-state index in [0.29, 0.717) is 0 Å². The van der Waals surface area contributed by atoms with E-state index in [-0.39, 0.29) is 13.0 Å². The molecule has 0 saturated heterocycles. The summed E-state index contributed by atoms with van der Waals surface area (Å²) >= 11 is 0. The van der Waals surface area contributed by atoms with Gasteiger partial charge in [0.1, 0.15) is 6.61 Å². The van der Waals surface area contributed by atoms with Crippen LogP contribution >= 0.6 is 0 Å². The van der Waals surface area contributed by atoms with E-state index in [4.69, 9.17) is 15.6 Å². The summed E-state index contributed by atoms with van der Waals surface area (Å²) in [7, 11) is 0. The second-order valence-electron chi connectivity index (χ2n) is 3.41. The molecule has 0 aromatic heterocycles. The Balaban J connectivity index is 2.28. The van der Waals surface area contributed by atoms with E-state index >= 15 is 0 Å². The molecule has 1 rings (SSSR count). The standard InChI is InChI=1S/C11H14N2O4/c12-9(6-10(14)15)13-11(16)17-7-8-4-2-1-3-5-8/h1-5,9H,6-7,12H2,(H,13,16)(H,14,15). The van der Waals surface area contributed by atoms with Crippen molar-refractivity contribution in [3.05, 3.63) is 35.9 Å². The monoisotopic (exact) mass is 238 g/mol. The lowest BCUT2D eigenvalue weighted by atomic mass is 10.2. The second-order valence-corrected chi connectivity index (χ2v) is 3.41. The summed E-state index contributed by atoms with van der Waals surface area (Å²) in [6, 6.07) is 9.13. The van der Waals surface area contributed by atoms with Crippen LogP contribution in [-0.2, 0) is 16.1 Å². The van der Waals surface area contributed by atoms with Crippen molar-refractivity contribution in [2.24, 2.45) is 5.73 Å². The Morgan fingerprint density at radius 1 is 1.35 bits per heavy atom. The van der Waals surface area contributed by atoms with Crippen molar-refractivity contribution in [3.8, 4) is 0 Å². The SMILES string of the molecule is NC(CC(=O)O)NC(=O)OCc1ccccc1. The van der Waals surface area contributed by atoms with Gasteiger partial charge in [-0.3, -0.25) is 4.79 Å². The quantitative estimate of drug-likeness (QED) is 0.654. The lowest BCUT2D eigenvalue weighted by Gasteiger charge is -2.11. The first-order valence-corrected chi connectivity index (χ1v) is 5.02. The first-order valence-electron chi connectivity index (χ1n) is 5.02. The van der Waals surface area contributed by atoms with Crippen LogP contribution in [0.1, 0.15) is 12.0 Å². The van der Waals surface area contributed by atoms with Gasteiger partial charge in [-0.2, -0.15) is 0 Å². The summed E-state index contributed by atoms with van der Waals surface area (Å²) in [4.78, 5) is 21.5. The molecule has 0 aliphatic carbocycles. The number of benzene rings is 1. The Kier molecular flexibility index (Phi) is 4.96. The summed E-state index contributed by atoms with van der Waals surface area (Å²) in [5.74, 6) is -1.08. The van der Waals surface area contributed by atoms with E-state index in [9.17, 15) is 9.59 Å². The highest BCUT2D eigenvalue weighted by atomic mass is 16.5. The predicted molar refractivity (Wildman–Crippen MR) is 60.0 cm³/mol. The number of ether oxygens (including phenoxy) is 1. The van der Waals surface area contributed by atoms with Crippen LogP contribution in [0.2, 0.25) is 0 Å².